The van der Waals surface area contributed by atoms with Gasteiger partial charge in [-0.1, -0.05) is 33.4 Å². The maximum Gasteiger partial charge on any atom is 0.323 e. The van der Waals surface area contributed by atoms with Crippen LogP contribution in [-0.2, 0) is 61.7 Å². The summed E-state index contributed by atoms with van der Waals surface area (Å²) in [5, 5.41) is 18.5. The zero-order chi connectivity index (χ0) is 39.5. The number of nitrogens with zero attached hydrogens (tertiary/aromatic N) is 1. The van der Waals surface area contributed by atoms with Gasteiger partial charge in [-0.2, -0.15) is 5.26 Å². The van der Waals surface area contributed by atoms with E-state index in [0.29, 0.717) is 118 Å². The predicted octanol–water partition coefficient (Wildman–Crippen LogP) is 4.22. The Labute approximate surface area is 334 Å². The topological polar surface area (TPSA) is 190 Å². The average Bonchev–Trinajstić information content (AvgIpc) is 4.03. The zero-order valence-corrected chi connectivity index (χ0v) is 33.3. The van der Waals surface area contributed by atoms with E-state index in [9.17, 15) is 14.9 Å². The Morgan fingerprint density at radius 3 is 1.55 bits per heavy atom. The van der Waals surface area contributed by atoms with Crippen LogP contribution in [0.2, 0.25) is 0 Å². The molecular weight excluding hydrogens is 730 g/mol. The number of hydrogen-bond donors (Lipinski definition) is 1. The van der Waals surface area contributed by atoms with Crippen molar-refractivity contribution in [2.45, 2.75) is 97.4 Å². The maximum atomic E-state index is 12.5. The number of epoxide rings is 3. The number of esters is 2. The van der Waals surface area contributed by atoms with Gasteiger partial charge in [-0.3, -0.25) is 9.59 Å². The molecule has 0 radical (unpaired) electrons. The van der Waals surface area contributed by atoms with Gasteiger partial charge in [-0.25, -0.2) is 0 Å². The molecule has 3 heterocycles. The fourth-order valence-electron chi connectivity index (χ4n) is 5.40. The third-order valence-electron chi connectivity index (χ3n) is 9.63. The summed E-state index contributed by atoms with van der Waals surface area (Å²) in [4.78, 5) is 24.7. The summed E-state index contributed by atoms with van der Waals surface area (Å²) in [6, 6.07) is 2.03. The highest BCUT2D eigenvalue weighted by Crippen LogP contribution is 2.27. The Morgan fingerprint density at radius 1 is 0.696 bits per heavy atom. The summed E-state index contributed by atoms with van der Waals surface area (Å²) in [6.45, 7) is 12.8. The predicted molar refractivity (Wildman–Crippen MR) is 206 cm³/mol. The molecule has 15 heteroatoms. The van der Waals surface area contributed by atoms with Crippen LogP contribution in [0.3, 0.4) is 0 Å². The van der Waals surface area contributed by atoms with Crippen molar-refractivity contribution in [2.75, 3.05) is 119 Å². The number of carbonyl (C=O) groups is 2. The van der Waals surface area contributed by atoms with Crippen molar-refractivity contribution >= 4 is 11.9 Å². The third kappa shape index (κ3) is 23.2. The molecule has 0 amide bonds. The third-order valence-corrected chi connectivity index (χ3v) is 9.63. The molecule has 15 nitrogen and oxygen atoms in total. The van der Waals surface area contributed by atoms with Gasteiger partial charge in [0.15, 0.2) is 0 Å². The number of hydrogen-bond acceptors (Lipinski definition) is 15. The highest BCUT2D eigenvalue weighted by Gasteiger charge is 2.34. The fraction of sp³-hybridized carbons (Fsp3) is 0.878. The van der Waals surface area contributed by atoms with Crippen LogP contribution in [0.5, 0.6) is 0 Å². The second kappa shape index (κ2) is 29.9. The fourth-order valence-corrected chi connectivity index (χ4v) is 5.40. The average molecular weight is 802 g/mol. The number of carbonyl (C=O) groups excluding carboxylic acids is 2. The Bertz CT molecular complexity index is 1090. The summed E-state index contributed by atoms with van der Waals surface area (Å²) in [6.07, 6.45) is 9.15. The molecule has 3 aliphatic heterocycles. The van der Waals surface area contributed by atoms with Crippen molar-refractivity contribution in [3.63, 3.8) is 0 Å². The van der Waals surface area contributed by atoms with Crippen LogP contribution >= 0.6 is 0 Å². The van der Waals surface area contributed by atoms with Gasteiger partial charge >= 0.3 is 11.9 Å². The van der Waals surface area contributed by atoms with E-state index in [4.69, 9.17) is 57.2 Å². The largest absolute Gasteiger partial charge is 0.466 e. The Balaban J connectivity index is 0.0000108. The van der Waals surface area contributed by atoms with E-state index < -0.39 is 11.9 Å². The van der Waals surface area contributed by atoms with E-state index in [1.54, 1.807) is 0 Å². The van der Waals surface area contributed by atoms with Gasteiger partial charge in [0.25, 0.3) is 0 Å². The summed E-state index contributed by atoms with van der Waals surface area (Å²) in [5.74, 6) is -1.70. The van der Waals surface area contributed by atoms with Crippen molar-refractivity contribution < 1.29 is 66.8 Å². The Morgan fingerprint density at radius 2 is 1.12 bits per heavy atom. The lowest BCUT2D eigenvalue weighted by Crippen LogP contribution is -2.38. The van der Waals surface area contributed by atoms with Gasteiger partial charge in [-0.05, 0) is 38.5 Å². The van der Waals surface area contributed by atoms with E-state index >= 15 is 0 Å². The lowest BCUT2D eigenvalue weighted by atomic mass is 9.88. The van der Waals surface area contributed by atoms with Crippen LogP contribution < -0.4 is 0 Å². The SMILES string of the molecule is C.CCC(COCCCO)(COCCCOC(=O)C(C#N)CCC=CCCC(=O)OCCCOCC(CC)(COCC1CO1)COCC1CO1)COCC1CO1. The molecule has 0 saturated carbocycles. The van der Waals surface area contributed by atoms with E-state index in [-0.39, 0.29) is 68.8 Å². The normalized spacial score (nSPS) is 21.0. The van der Waals surface area contributed by atoms with Crippen LogP contribution in [0, 0.1) is 28.1 Å². The molecule has 5 unspecified atom stereocenters. The molecule has 5 atom stereocenters. The van der Waals surface area contributed by atoms with Crippen LogP contribution in [0.4, 0.5) is 0 Å². The van der Waals surface area contributed by atoms with Crippen molar-refractivity contribution in [1.29, 1.82) is 5.26 Å². The lowest BCUT2D eigenvalue weighted by molar-refractivity contribution is -0.147. The number of aliphatic hydroxyl groups excluding tert-OH is 1. The molecule has 3 aliphatic rings. The first-order valence-electron chi connectivity index (χ1n) is 20.2. The van der Waals surface area contributed by atoms with Crippen LogP contribution in [0.1, 0.15) is 79.1 Å². The molecular formula is C41H71NO14. The van der Waals surface area contributed by atoms with Crippen LogP contribution in [0.25, 0.3) is 0 Å². The van der Waals surface area contributed by atoms with E-state index in [1.165, 1.54) is 0 Å². The monoisotopic (exact) mass is 801 g/mol. The maximum absolute atomic E-state index is 12.5. The van der Waals surface area contributed by atoms with Crippen molar-refractivity contribution in [2.24, 2.45) is 16.7 Å². The minimum Gasteiger partial charge on any atom is -0.466 e. The lowest BCUT2D eigenvalue weighted by Gasteiger charge is -2.32. The molecule has 56 heavy (non-hydrogen) atoms. The zero-order valence-electron chi connectivity index (χ0n) is 33.3. The molecule has 3 rings (SSSR count). The van der Waals surface area contributed by atoms with Gasteiger partial charge in [0.2, 0.25) is 0 Å². The standard InChI is InChI=1S/C40H67NO14.CH4/c1-3-39(27-45-15-9-14-42,30-48-21-34-24-53-34)28-47-17-11-19-52-38(44)33(20-41)12-7-5-6-8-13-37(43)51-18-10-16-46-29-40(4-2,31-49-22-35-25-54-35)32-50-23-36-26-55-36;/h5-6,33-36,42H,3-4,7-19,21-32H2,1-2H3;1H4. The van der Waals surface area contributed by atoms with Crippen molar-refractivity contribution in [3.8, 4) is 6.07 Å². The molecule has 3 saturated heterocycles. The van der Waals surface area contributed by atoms with Gasteiger partial charge in [0, 0.05) is 56.5 Å². The first kappa shape index (κ1) is 49.9. The van der Waals surface area contributed by atoms with Gasteiger partial charge in [0.1, 0.15) is 24.2 Å². The second-order valence-corrected chi connectivity index (χ2v) is 14.7. The second-order valence-electron chi connectivity index (χ2n) is 14.7. The Hall–Kier alpha value is -2.23. The minimum absolute atomic E-state index is 0. The molecule has 0 aliphatic carbocycles. The summed E-state index contributed by atoms with van der Waals surface area (Å²) < 4.78 is 61.8. The van der Waals surface area contributed by atoms with E-state index in [0.717, 1.165) is 32.7 Å². The Kier molecular flexibility index (Phi) is 26.7. The quantitative estimate of drug-likeness (QED) is 0.0404. The number of nitriles is 1. The number of rotatable bonds is 38. The molecule has 1 N–H and O–H groups in total. The molecule has 3 fully saturated rings. The first-order chi connectivity index (χ1) is 26.9. The summed E-state index contributed by atoms with van der Waals surface area (Å²) in [5.41, 5.74) is -0.595. The number of aliphatic hydroxyl groups is 1. The number of allylic oxidation sites excluding steroid dienone is 2. The van der Waals surface area contributed by atoms with Gasteiger partial charge in [0.05, 0.1) is 98.6 Å². The van der Waals surface area contributed by atoms with E-state index in [2.05, 4.69) is 13.8 Å². The number of ether oxygens (including phenoxy) is 11. The highest BCUT2D eigenvalue weighted by atomic mass is 16.6. The first-order valence-corrected chi connectivity index (χ1v) is 20.2. The van der Waals surface area contributed by atoms with Crippen LogP contribution in [-0.4, -0.2) is 154 Å². The van der Waals surface area contributed by atoms with Crippen LogP contribution in [0.15, 0.2) is 12.2 Å². The van der Waals surface area contributed by atoms with Gasteiger partial charge in [-0.15, -0.1) is 0 Å². The van der Waals surface area contributed by atoms with E-state index in [1.807, 2.05) is 18.2 Å². The highest BCUT2D eigenvalue weighted by molar-refractivity contribution is 5.75. The summed E-state index contributed by atoms with van der Waals surface area (Å²) in [7, 11) is 0. The van der Waals surface area contributed by atoms with Gasteiger partial charge < -0.3 is 57.2 Å². The smallest absolute Gasteiger partial charge is 0.323 e. The van der Waals surface area contributed by atoms with Crippen molar-refractivity contribution in [1.82, 2.24) is 0 Å². The molecule has 0 bridgehead atoms. The molecule has 0 spiro atoms. The molecule has 0 aromatic carbocycles. The van der Waals surface area contributed by atoms with Crippen molar-refractivity contribution in [3.05, 3.63) is 12.2 Å². The molecule has 0 aromatic heterocycles. The summed E-state index contributed by atoms with van der Waals surface area (Å²) >= 11 is 0. The molecule has 324 valence electrons. The molecule has 0 aromatic rings. The minimum atomic E-state index is -0.869.